The second-order valence-electron chi connectivity index (χ2n) is 3.85. The molecule has 8 heteroatoms. The van der Waals surface area contributed by atoms with Crippen LogP contribution in [-0.2, 0) is 16.6 Å². The summed E-state index contributed by atoms with van der Waals surface area (Å²) in [6.07, 6.45) is 0. The first-order valence-electron chi connectivity index (χ1n) is 5.30. The maximum absolute atomic E-state index is 12.3. The Kier molecular flexibility index (Phi) is 4.01. The van der Waals surface area contributed by atoms with Gasteiger partial charge in [0.05, 0.1) is 11.2 Å². The van der Waals surface area contributed by atoms with Gasteiger partial charge in [0.2, 0.25) is 0 Å². The van der Waals surface area contributed by atoms with Crippen LogP contribution < -0.4 is 0 Å². The Hall–Kier alpha value is -1.27. The molecule has 0 saturated carbocycles. The average Bonchev–Trinajstić information content (AvgIpc) is 2.99. The fraction of sp³-hybridized carbons (Fsp3) is 0.273. The number of hydrogen-bond donors (Lipinski definition) is 0. The zero-order valence-electron chi connectivity index (χ0n) is 10.3. The highest BCUT2D eigenvalue weighted by Gasteiger charge is 2.24. The number of thiazole rings is 1. The van der Waals surface area contributed by atoms with Crippen molar-refractivity contribution in [3.63, 3.8) is 0 Å². The Morgan fingerprint density at radius 2 is 2.21 bits per heavy atom. The normalized spacial score (nSPS) is 11.7. The molecule has 0 aromatic carbocycles. The highest BCUT2D eigenvalue weighted by molar-refractivity contribution is 7.91. The van der Waals surface area contributed by atoms with E-state index in [0.717, 1.165) is 21.9 Å². The van der Waals surface area contributed by atoms with Crippen molar-refractivity contribution in [1.29, 1.82) is 5.26 Å². The number of aryl methyl sites for hydroxylation is 1. The van der Waals surface area contributed by atoms with Crippen molar-refractivity contribution in [2.75, 3.05) is 7.05 Å². The van der Waals surface area contributed by atoms with Gasteiger partial charge in [-0.15, -0.1) is 22.7 Å². The topological polar surface area (TPSA) is 74.1 Å². The molecule has 0 amide bonds. The lowest BCUT2D eigenvalue weighted by Gasteiger charge is -2.15. The third-order valence-electron chi connectivity index (χ3n) is 2.57. The van der Waals surface area contributed by atoms with Crippen LogP contribution in [0.25, 0.3) is 0 Å². The highest BCUT2D eigenvalue weighted by Crippen LogP contribution is 2.25. The van der Waals surface area contributed by atoms with Gasteiger partial charge < -0.3 is 0 Å². The lowest BCUT2D eigenvalue weighted by atomic mass is 10.4. The molecule has 0 atom stereocenters. The molecule has 2 aromatic rings. The molecule has 0 radical (unpaired) electrons. The number of aromatic nitrogens is 1. The second-order valence-corrected chi connectivity index (χ2v) is 8.15. The van der Waals surface area contributed by atoms with Crippen LogP contribution in [0.5, 0.6) is 0 Å². The lowest BCUT2D eigenvalue weighted by Crippen LogP contribution is -2.25. The Morgan fingerprint density at radius 3 is 2.74 bits per heavy atom. The molecular formula is C11H11N3O2S3. The molecule has 0 N–H and O–H groups in total. The van der Waals surface area contributed by atoms with Crippen molar-refractivity contribution in [3.8, 4) is 6.07 Å². The minimum atomic E-state index is -3.54. The van der Waals surface area contributed by atoms with Gasteiger partial charge >= 0.3 is 0 Å². The van der Waals surface area contributed by atoms with Crippen LogP contribution in [0.4, 0.5) is 0 Å². The average molecular weight is 313 g/mol. The fourth-order valence-electron chi connectivity index (χ4n) is 1.44. The van der Waals surface area contributed by atoms with E-state index in [2.05, 4.69) is 4.98 Å². The van der Waals surface area contributed by atoms with Gasteiger partial charge in [-0.1, -0.05) is 0 Å². The van der Waals surface area contributed by atoms with E-state index in [4.69, 9.17) is 5.26 Å². The van der Waals surface area contributed by atoms with Crippen LogP contribution in [-0.4, -0.2) is 24.8 Å². The van der Waals surface area contributed by atoms with Gasteiger partial charge in [0, 0.05) is 18.5 Å². The summed E-state index contributed by atoms with van der Waals surface area (Å²) in [6, 6.07) is 4.92. The van der Waals surface area contributed by atoms with Gasteiger partial charge in [0.25, 0.3) is 10.0 Å². The van der Waals surface area contributed by atoms with Crippen molar-refractivity contribution in [2.45, 2.75) is 17.7 Å². The molecule has 0 saturated heterocycles. The summed E-state index contributed by atoms with van der Waals surface area (Å²) < 4.78 is 26.1. The molecule has 0 unspecified atom stereocenters. The molecule has 0 aliphatic heterocycles. The molecular weight excluding hydrogens is 302 g/mol. The van der Waals surface area contributed by atoms with Crippen LogP contribution in [0.2, 0.25) is 0 Å². The number of nitriles is 1. The molecule has 0 spiro atoms. The van der Waals surface area contributed by atoms with E-state index in [1.807, 2.05) is 13.0 Å². The van der Waals surface area contributed by atoms with Crippen LogP contribution >= 0.6 is 22.7 Å². The van der Waals surface area contributed by atoms with Crippen LogP contribution in [0.15, 0.2) is 21.9 Å². The molecule has 2 aromatic heterocycles. The number of hydrogen-bond acceptors (Lipinski definition) is 6. The predicted octanol–water partition coefficient (Wildman–Crippen LogP) is 2.21. The first-order valence-corrected chi connectivity index (χ1v) is 8.44. The van der Waals surface area contributed by atoms with E-state index in [-0.39, 0.29) is 4.21 Å². The molecule has 5 nitrogen and oxygen atoms in total. The molecule has 2 heterocycles. The Morgan fingerprint density at radius 1 is 1.47 bits per heavy atom. The summed E-state index contributed by atoms with van der Waals surface area (Å²) in [5, 5.41) is 8.74. The summed E-state index contributed by atoms with van der Waals surface area (Å²) in [5.74, 6) is 0. The Bertz CT molecular complexity index is 724. The van der Waals surface area contributed by atoms with Gasteiger partial charge in [-0.05, 0) is 19.1 Å². The number of sulfonamides is 1. The van der Waals surface area contributed by atoms with Gasteiger partial charge in [-0.2, -0.15) is 9.57 Å². The molecule has 0 fully saturated rings. The van der Waals surface area contributed by atoms with E-state index in [9.17, 15) is 8.42 Å². The quantitative estimate of drug-likeness (QED) is 0.867. The number of nitrogens with zero attached hydrogens (tertiary/aromatic N) is 3. The summed E-state index contributed by atoms with van der Waals surface area (Å²) in [7, 11) is -2.01. The summed E-state index contributed by atoms with van der Waals surface area (Å²) in [6.45, 7) is 2.14. The zero-order valence-corrected chi connectivity index (χ0v) is 12.8. The first-order chi connectivity index (χ1) is 8.95. The summed E-state index contributed by atoms with van der Waals surface area (Å²) in [5.41, 5.74) is 2.54. The van der Waals surface area contributed by atoms with Gasteiger partial charge in [-0.3, -0.25) is 0 Å². The van der Waals surface area contributed by atoms with E-state index in [1.165, 1.54) is 34.8 Å². The third kappa shape index (κ3) is 2.84. The maximum atomic E-state index is 12.3. The van der Waals surface area contributed by atoms with E-state index in [1.54, 1.807) is 5.51 Å². The number of thiophene rings is 1. The van der Waals surface area contributed by atoms with E-state index >= 15 is 0 Å². The molecule has 0 aliphatic carbocycles. The molecule has 19 heavy (non-hydrogen) atoms. The van der Waals surface area contributed by atoms with Crippen molar-refractivity contribution in [2.24, 2.45) is 0 Å². The van der Waals surface area contributed by atoms with Crippen molar-refractivity contribution >= 4 is 32.7 Å². The van der Waals surface area contributed by atoms with Crippen LogP contribution in [0, 0.1) is 18.3 Å². The Balaban J connectivity index is 2.25. The molecule has 0 aliphatic rings. The summed E-state index contributed by atoms with van der Waals surface area (Å²) >= 11 is 2.41. The first kappa shape index (κ1) is 14.1. The van der Waals surface area contributed by atoms with Crippen molar-refractivity contribution < 1.29 is 8.42 Å². The monoisotopic (exact) mass is 313 g/mol. The molecule has 2 rings (SSSR count). The van der Waals surface area contributed by atoms with Crippen molar-refractivity contribution in [1.82, 2.24) is 9.29 Å². The highest BCUT2D eigenvalue weighted by atomic mass is 32.2. The van der Waals surface area contributed by atoms with Crippen LogP contribution in [0.3, 0.4) is 0 Å². The molecule has 100 valence electrons. The summed E-state index contributed by atoms with van der Waals surface area (Å²) in [4.78, 5) is 5.41. The minimum absolute atomic E-state index is 0.189. The van der Waals surface area contributed by atoms with Gasteiger partial charge in [0.1, 0.15) is 15.2 Å². The van der Waals surface area contributed by atoms with Gasteiger partial charge in [-0.25, -0.2) is 13.4 Å². The minimum Gasteiger partial charge on any atom is -0.250 e. The molecule has 0 bridgehead atoms. The smallest absolute Gasteiger partial charge is 0.250 e. The largest absolute Gasteiger partial charge is 0.252 e. The third-order valence-corrected chi connectivity index (χ3v) is 6.75. The van der Waals surface area contributed by atoms with Crippen molar-refractivity contribution in [3.05, 3.63) is 33.1 Å². The Labute approximate surface area is 119 Å². The SMILES string of the molecule is Cc1ncsc1CN(C)S(=O)(=O)c1ccc(C#N)s1. The lowest BCUT2D eigenvalue weighted by molar-refractivity contribution is 0.470. The van der Waals surface area contributed by atoms with E-state index in [0.29, 0.717) is 11.4 Å². The fourth-order valence-corrected chi connectivity index (χ4v) is 4.80. The maximum Gasteiger partial charge on any atom is 0.252 e. The van der Waals surface area contributed by atoms with Crippen LogP contribution in [0.1, 0.15) is 15.4 Å². The van der Waals surface area contributed by atoms with Gasteiger partial charge in [0.15, 0.2) is 0 Å². The number of rotatable bonds is 4. The zero-order chi connectivity index (χ0) is 14.0. The van der Waals surface area contributed by atoms with E-state index < -0.39 is 10.0 Å². The predicted molar refractivity (Wildman–Crippen MR) is 74.5 cm³/mol. The standard InChI is InChI=1S/C11H11N3O2S3/c1-8-10(17-7-13-8)6-14(2)19(15,16)11-4-3-9(5-12)18-11/h3-4,7H,6H2,1-2H3. The second kappa shape index (κ2) is 5.38.